The summed E-state index contributed by atoms with van der Waals surface area (Å²) in [7, 11) is 0. The molecule has 0 spiro atoms. The highest BCUT2D eigenvalue weighted by atomic mass is 15.0. The lowest BCUT2D eigenvalue weighted by molar-refractivity contribution is 1.17. The molecule has 0 atom stereocenters. The SMILES string of the molecule is [N-]=[N+]=N.c1cncnc1. The third-order valence-electron chi connectivity index (χ3n) is 0.478. The van der Waals surface area contributed by atoms with Gasteiger partial charge in [0.05, 0.1) is 0 Å². The highest BCUT2D eigenvalue weighted by Gasteiger charge is 1.59. The minimum Gasteiger partial charge on any atom is -0.245 e. The molecule has 0 aliphatic carbocycles. The Balaban J connectivity index is 0.000000187. The molecular formula is C4H5N5. The smallest absolute Gasteiger partial charge is 0.115 e. The van der Waals surface area contributed by atoms with E-state index in [4.69, 9.17) is 11.1 Å². The fourth-order valence-electron chi connectivity index (χ4n) is 0.253. The van der Waals surface area contributed by atoms with E-state index in [1.54, 1.807) is 23.4 Å². The van der Waals surface area contributed by atoms with Crippen molar-refractivity contribution in [3.8, 4) is 0 Å². The van der Waals surface area contributed by atoms with Crippen molar-refractivity contribution in [1.82, 2.24) is 9.97 Å². The van der Waals surface area contributed by atoms with E-state index >= 15 is 0 Å². The van der Waals surface area contributed by atoms with Gasteiger partial charge >= 0.3 is 0 Å². The summed E-state index contributed by atoms with van der Waals surface area (Å²) >= 11 is 0. The fourth-order valence-corrected chi connectivity index (χ4v) is 0.253. The van der Waals surface area contributed by atoms with Gasteiger partial charge in [0.25, 0.3) is 0 Å². The second kappa shape index (κ2) is 6.39. The van der Waals surface area contributed by atoms with E-state index < -0.39 is 0 Å². The summed E-state index contributed by atoms with van der Waals surface area (Å²) in [4.78, 5) is 9.10. The molecule has 0 radical (unpaired) electrons. The highest BCUT2D eigenvalue weighted by molar-refractivity contribution is 4.74. The van der Waals surface area contributed by atoms with Gasteiger partial charge < -0.3 is 0 Å². The van der Waals surface area contributed by atoms with Crippen LogP contribution < -0.4 is 0 Å². The Labute approximate surface area is 51.8 Å². The molecule has 0 aromatic carbocycles. The van der Waals surface area contributed by atoms with Gasteiger partial charge in [-0.25, -0.2) is 9.97 Å². The van der Waals surface area contributed by atoms with Crippen LogP contribution in [0.25, 0.3) is 10.4 Å². The quantitative estimate of drug-likeness (QED) is 0.320. The zero-order chi connectivity index (χ0) is 6.95. The Hall–Kier alpha value is -1.61. The van der Waals surface area contributed by atoms with Crippen LogP contribution in [0.4, 0.5) is 0 Å². The number of aromatic nitrogens is 2. The molecule has 0 bridgehead atoms. The molecule has 1 rings (SSSR count). The van der Waals surface area contributed by atoms with Crippen LogP contribution in [0.2, 0.25) is 0 Å². The predicted octanol–water partition coefficient (Wildman–Crippen LogP) is 1.35. The normalized spacial score (nSPS) is 6.22. The first-order valence-corrected chi connectivity index (χ1v) is 2.12. The zero-order valence-corrected chi connectivity index (χ0v) is 4.60. The van der Waals surface area contributed by atoms with Gasteiger partial charge in [0.1, 0.15) is 6.33 Å². The van der Waals surface area contributed by atoms with Crippen molar-refractivity contribution in [3.05, 3.63) is 35.2 Å². The third kappa shape index (κ3) is 6.39. The van der Waals surface area contributed by atoms with Crippen molar-refractivity contribution >= 4 is 0 Å². The maximum absolute atomic E-state index is 6.86. The Morgan fingerprint density at radius 1 is 1.33 bits per heavy atom. The van der Waals surface area contributed by atoms with Crippen LogP contribution >= 0.6 is 0 Å². The van der Waals surface area contributed by atoms with Crippen LogP contribution in [0.5, 0.6) is 0 Å². The Bertz CT molecular complexity index is 139. The molecule has 0 unspecified atom stereocenters. The maximum atomic E-state index is 6.86. The monoisotopic (exact) mass is 123 g/mol. The number of nitrogens with one attached hydrogen (secondary N) is 1. The van der Waals surface area contributed by atoms with Crippen LogP contribution in [0.3, 0.4) is 0 Å². The van der Waals surface area contributed by atoms with Crippen molar-refractivity contribution in [1.29, 1.82) is 5.53 Å². The highest BCUT2D eigenvalue weighted by Crippen LogP contribution is 1.66. The standard InChI is InChI=1S/C4H4N2.HN3/c1-2-5-4-6-3-1;1-3-2/h1-4H;1H. The van der Waals surface area contributed by atoms with Crippen LogP contribution in [0, 0.1) is 5.53 Å². The van der Waals surface area contributed by atoms with E-state index in [1.807, 2.05) is 0 Å². The Morgan fingerprint density at radius 3 is 1.89 bits per heavy atom. The van der Waals surface area contributed by atoms with Gasteiger partial charge in [-0.1, -0.05) is 0 Å². The molecule has 1 aromatic rings. The lowest BCUT2D eigenvalue weighted by Crippen LogP contribution is -1.66. The third-order valence-corrected chi connectivity index (χ3v) is 0.478. The molecule has 9 heavy (non-hydrogen) atoms. The summed E-state index contributed by atoms with van der Waals surface area (Å²) in [5.41, 5.74) is 12.2. The first-order valence-electron chi connectivity index (χ1n) is 2.12. The molecular weight excluding hydrogens is 118 g/mol. The molecule has 1 N–H and O–H groups in total. The molecule has 5 nitrogen and oxygen atoms in total. The first-order chi connectivity index (χ1) is 4.41. The van der Waals surface area contributed by atoms with Crippen molar-refractivity contribution < 1.29 is 0 Å². The summed E-state index contributed by atoms with van der Waals surface area (Å²) in [5, 5.41) is 0. The van der Waals surface area contributed by atoms with Crippen molar-refractivity contribution in [2.45, 2.75) is 0 Å². The maximum Gasteiger partial charge on any atom is 0.115 e. The predicted molar refractivity (Wildman–Crippen MR) is 31.5 cm³/mol. The topological polar surface area (TPSA) is 86.0 Å². The average molecular weight is 123 g/mol. The van der Waals surface area contributed by atoms with Crippen LogP contribution in [0.15, 0.2) is 24.8 Å². The van der Waals surface area contributed by atoms with Gasteiger partial charge in [-0.05, 0) is 16.5 Å². The molecule has 0 fully saturated rings. The van der Waals surface area contributed by atoms with E-state index in [-0.39, 0.29) is 0 Å². The Kier molecular flexibility index (Phi) is 5.25. The minimum absolute atomic E-state index is 1.50. The lowest BCUT2D eigenvalue weighted by atomic mass is 10.7. The molecule has 5 heteroatoms. The molecule has 0 saturated heterocycles. The first kappa shape index (κ1) is 7.39. The molecule has 1 heterocycles. The zero-order valence-electron chi connectivity index (χ0n) is 4.60. The summed E-state index contributed by atoms with van der Waals surface area (Å²) in [6.07, 6.45) is 4.88. The second-order valence-electron chi connectivity index (χ2n) is 1.00. The van der Waals surface area contributed by atoms with Gasteiger partial charge in [-0.15, -0.1) is 5.53 Å². The van der Waals surface area contributed by atoms with Gasteiger partial charge in [-0.3, -0.25) is 0 Å². The molecule has 0 aliphatic rings. The van der Waals surface area contributed by atoms with Gasteiger partial charge in [0.2, 0.25) is 0 Å². The summed E-state index contributed by atoms with van der Waals surface area (Å²) < 4.78 is 0. The summed E-state index contributed by atoms with van der Waals surface area (Å²) in [6.45, 7) is 0. The van der Waals surface area contributed by atoms with Gasteiger partial charge in [0, 0.05) is 12.4 Å². The molecule has 0 saturated carbocycles. The minimum atomic E-state index is 1.50. The number of hydrogen-bond acceptors (Lipinski definition) is 3. The lowest BCUT2D eigenvalue weighted by Gasteiger charge is -1.70. The van der Waals surface area contributed by atoms with Crippen LogP contribution in [0.1, 0.15) is 0 Å². The Morgan fingerprint density at radius 2 is 1.78 bits per heavy atom. The van der Waals surface area contributed by atoms with Crippen molar-refractivity contribution in [3.63, 3.8) is 0 Å². The average Bonchev–Trinajstić information content (AvgIpc) is 1.93. The van der Waals surface area contributed by atoms with Crippen LogP contribution in [-0.4, -0.2) is 9.97 Å². The molecule has 0 aliphatic heterocycles. The van der Waals surface area contributed by atoms with E-state index in [0.717, 1.165) is 0 Å². The van der Waals surface area contributed by atoms with E-state index in [2.05, 4.69) is 9.97 Å². The number of hydrogen-bond donors (Lipinski definition) is 1. The van der Waals surface area contributed by atoms with Gasteiger partial charge in [-0.2, -0.15) is 0 Å². The number of rotatable bonds is 0. The fraction of sp³-hybridized carbons (Fsp3) is 0. The molecule has 0 amide bonds. The van der Waals surface area contributed by atoms with Gasteiger partial charge in [0.15, 0.2) is 0 Å². The number of nitrogens with zero attached hydrogens (tertiary/aromatic N) is 4. The van der Waals surface area contributed by atoms with Crippen LogP contribution in [-0.2, 0) is 0 Å². The molecule has 46 valence electrons. The summed E-state index contributed by atoms with van der Waals surface area (Å²) in [6, 6.07) is 1.78. The molecule has 1 aromatic heterocycles. The summed E-state index contributed by atoms with van der Waals surface area (Å²) in [5.74, 6) is 0. The van der Waals surface area contributed by atoms with Crippen molar-refractivity contribution in [2.75, 3.05) is 0 Å². The van der Waals surface area contributed by atoms with E-state index in [0.29, 0.717) is 0 Å². The largest absolute Gasteiger partial charge is 0.245 e. The van der Waals surface area contributed by atoms with Crippen molar-refractivity contribution in [2.24, 2.45) is 0 Å². The van der Waals surface area contributed by atoms with E-state index in [1.165, 1.54) is 6.33 Å². The second-order valence-corrected chi connectivity index (χ2v) is 1.00. The van der Waals surface area contributed by atoms with E-state index in [9.17, 15) is 0 Å².